The van der Waals surface area contributed by atoms with E-state index in [1.807, 2.05) is 75.4 Å². The average Bonchev–Trinajstić information content (AvgIpc) is 2.73. The molecule has 2 rings (SSSR count). The van der Waals surface area contributed by atoms with Crippen molar-refractivity contribution >= 4 is 12.1 Å². The van der Waals surface area contributed by atoms with Crippen LogP contribution in [-0.4, -0.2) is 35.4 Å². The normalized spacial score (nSPS) is 11.5. The van der Waals surface area contributed by atoms with Crippen LogP contribution in [-0.2, 0) is 22.6 Å². The lowest BCUT2D eigenvalue weighted by atomic mass is 10.1. The van der Waals surface area contributed by atoms with Crippen molar-refractivity contribution in [2.45, 2.75) is 65.2 Å². The second-order valence-electron chi connectivity index (χ2n) is 8.35. The van der Waals surface area contributed by atoms with Gasteiger partial charge in [-0.1, -0.05) is 55.8 Å². The molecule has 7 heteroatoms. The first kappa shape index (κ1) is 27.0. The largest absolute Gasteiger partial charge is 0.489 e. The van der Waals surface area contributed by atoms with E-state index in [0.717, 1.165) is 29.7 Å². The van der Waals surface area contributed by atoms with Crippen LogP contribution >= 0.6 is 0 Å². The van der Waals surface area contributed by atoms with Crippen LogP contribution < -0.4 is 15.8 Å². The van der Waals surface area contributed by atoms with E-state index in [4.69, 9.17) is 20.3 Å². The van der Waals surface area contributed by atoms with E-state index in [-0.39, 0.29) is 6.09 Å². The van der Waals surface area contributed by atoms with E-state index < -0.39 is 17.6 Å². The van der Waals surface area contributed by atoms with Gasteiger partial charge in [-0.15, -0.1) is 0 Å². The Labute approximate surface area is 190 Å². The van der Waals surface area contributed by atoms with Gasteiger partial charge in [0, 0.05) is 6.54 Å². The third kappa shape index (κ3) is 12.6. The molecular weight excluding hydrogens is 408 g/mol. The number of hydrogen-bond donors (Lipinski definition) is 3. The summed E-state index contributed by atoms with van der Waals surface area (Å²) >= 11 is 0. The lowest BCUT2D eigenvalue weighted by Gasteiger charge is -2.19. The smallest absolute Gasteiger partial charge is 0.407 e. The Morgan fingerprint density at radius 3 is 2.19 bits per heavy atom. The van der Waals surface area contributed by atoms with Crippen LogP contribution in [0.5, 0.6) is 5.75 Å². The number of unbranched alkanes of at least 4 members (excludes halogenated alkanes) is 1. The summed E-state index contributed by atoms with van der Waals surface area (Å²) in [5, 5.41) is 11.4. The number of aliphatic carboxylic acids is 1. The molecule has 0 aromatic heterocycles. The molecule has 4 N–H and O–H groups in total. The molecule has 1 amide bonds. The molecule has 0 aliphatic carbocycles. The number of nitrogens with one attached hydrogen (secondary N) is 1. The molecule has 0 aliphatic heterocycles. The summed E-state index contributed by atoms with van der Waals surface area (Å²) in [6.45, 7) is 8.85. The molecule has 0 saturated carbocycles. The zero-order chi connectivity index (χ0) is 24.0. The molecule has 2 aromatic rings. The maximum Gasteiger partial charge on any atom is 0.407 e. The maximum absolute atomic E-state index is 11.0. The second kappa shape index (κ2) is 14.1. The zero-order valence-electron chi connectivity index (χ0n) is 19.5. The lowest BCUT2D eigenvalue weighted by molar-refractivity contribution is -0.138. The fraction of sp³-hybridized carbons (Fsp3) is 0.440. The van der Waals surface area contributed by atoms with Crippen LogP contribution in [0.25, 0.3) is 0 Å². The van der Waals surface area contributed by atoms with Crippen molar-refractivity contribution < 1.29 is 24.2 Å². The molecule has 0 unspecified atom stereocenters. The van der Waals surface area contributed by atoms with Gasteiger partial charge in [-0.3, -0.25) is 4.79 Å². The predicted octanol–water partition coefficient (Wildman–Crippen LogP) is 4.53. The Hall–Kier alpha value is -3.06. The second-order valence-corrected chi connectivity index (χ2v) is 8.35. The summed E-state index contributed by atoms with van der Waals surface area (Å²) in [4.78, 5) is 21.7. The van der Waals surface area contributed by atoms with E-state index in [9.17, 15) is 9.59 Å². The third-order valence-corrected chi connectivity index (χ3v) is 4.14. The summed E-state index contributed by atoms with van der Waals surface area (Å²) < 4.78 is 10.7. The standard InChI is InChI=1S/C16H17NO3.C9H19NO2/c17-15(16(18)19)10-12-6-8-14(9-7-12)20-11-13-4-2-1-3-5-13;1-5-6-7-10-8(11)12-9(2,3)4/h1-9,15H,10-11,17H2,(H,18,19);5-7H2,1-4H3,(H,10,11)/t15-;/m0./s1. The number of carboxylic acid groups (broad SMARTS) is 1. The number of carbonyl (C=O) groups is 2. The summed E-state index contributed by atoms with van der Waals surface area (Å²) in [6, 6.07) is 16.4. The van der Waals surface area contributed by atoms with E-state index in [1.54, 1.807) is 0 Å². The zero-order valence-corrected chi connectivity index (χ0v) is 19.5. The summed E-state index contributed by atoms with van der Waals surface area (Å²) in [5.74, 6) is -0.240. The van der Waals surface area contributed by atoms with Crippen LogP contribution in [0.15, 0.2) is 54.6 Å². The average molecular weight is 445 g/mol. The molecule has 32 heavy (non-hydrogen) atoms. The van der Waals surface area contributed by atoms with Crippen LogP contribution in [0.1, 0.15) is 51.7 Å². The van der Waals surface area contributed by atoms with Crippen molar-refractivity contribution in [1.29, 1.82) is 0 Å². The van der Waals surface area contributed by atoms with E-state index >= 15 is 0 Å². The molecule has 0 radical (unpaired) electrons. The first-order valence-electron chi connectivity index (χ1n) is 10.8. The molecule has 2 aromatic carbocycles. The number of nitrogens with two attached hydrogens (primary N) is 1. The van der Waals surface area contributed by atoms with Crippen molar-refractivity contribution in [3.63, 3.8) is 0 Å². The first-order chi connectivity index (χ1) is 15.1. The molecule has 0 heterocycles. The first-order valence-corrected chi connectivity index (χ1v) is 10.8. The van der Waals surface area contributed by atoms with Gasteiger partial charge in [-0.05, 0) is 56.9 Å². The highest BCUT2D eigenvalue weighted by atomic mass is 16.6. The molecule has 0 spiro atoms. The molecule has 0 fully saturated rings. The number of benzene rings is 2. The van der Waals surface area contributed by atoms with Gasteiger partial charge in [0.15, 0.2) is 0 Å². The molecule has 176 valence electrons. The number of carbonyl (C=O) groups excluding carboxylic acids is 1. The predicted molar refractivity (Wildman–Crippen MR) is 126 cm³/mol. The van der Waals surface area contributed by atoms with Gasteiger partial charge in [0.2, 0.25) is 0 Å². The highest BCUT2D eigenvalue weighted by Crippen LogP contribution is 2.15. The Morgan fingerprint density at radius 1 is 1.03 bits per heavy atom. The summed E-state index contributed by atoms with van der Waals surface area (Å²) in [5.41, 5.74) is 7.08. The Balaban J connectivity index is 0.000000368. The molecule has 1 atom stereocenters. The van der Waals surface area contributed by atoms with Crippen LogP contribution in [0, 0.1) is 0 Å². The minimum absolute atomic E-state index is 0.314. The lowest BCUT2D eigenvalue weighted by Crippen LogP contribution is -2.32. The summed E-state index contributed by atoms with van der Waals surface area (Å²) in [7, 11) is 0. The fourth-order valence-corrected chi connectivity index (χ4v) is 2.49. The number of rotatable bonds is 9. The number of hydrogen-bond acceptors (Lipinski definition) is 5. The fourth-order valence-electron chi connectivity index (χ4n) is 2.49. The molecule has 0 saturated heterocycles. The number of ether oxygens (including phenoxy) is 2. The van der Waals surface area contributed by atoms with Gasteiger partial charge >= 0.3 is 12.1 Å². The van der Waals surface area contributed by atoms with Gasteiger partial charge in [-0.25, -0.2) is 4.79 Å². The van der Waals surface area contributed by atoms with Crippen molar-refractivity contribution in [2.75, 3.05) is 6.54 Å². The van der Waals surface area contributed by atoms with Crippen molar-refractivity contribution in [3.8, 4) is 5.75 Å². The van der Waals surface area contributed by atoms with Gasteiger partial charge in [0.25, 0.3) is 0 Å². The number of alkyl carbamates (subject to hydrolysis) is 1. The summed E-state index contributed by atoms with van der Waals surface area (Å²) in [6.07, 6.45) is 2.07. The van der Waals surface area contributed by atoms with E-state index in [2.05, 4.69) is 12.2 Å². The van der Waals surface area contributed by atoms with E-state index in [0.29, 0.717) is 19.6 Å². The van der Waals surface area contributed by atoms with Crippen LogP contribution in [0.4, 0.5) is 4.79 Å². The van der Waals surface area contributed by atoms with Gasteiger partial charge in [-0.2, -0.15) is 0 Å². The molecule has 0 bridgehead atoms. The highest BCUT2D eigenvalue weighted by Gasteiger charge is 2.15. The van der Waals surface area contributed by atoms with Crippen molar-refractivity contribution in [1.82, 2.24) is 5.32 Å². The maximum atomic E-state index is 11.0. The van der Waals surface area contributed by atoms with Gasteiger partial charge in [0.05, 0.1) is 0 Å². The number of amides is 1. The molecule has 0 aliphatic rings. The van der Waals surface area contributed by atoms with Crippen LogP contribution in [0.2, 0.25) is 0 Å². The van der Waals surface area contributed by atoms with Crippen molar-refractivity contribution in [3.05, 3.63) is 65.7 Å². The minimum atomic E-state index is -0.991. The van der Waals surface area contributed by atoms with E-state index in [1.165, 1.54) is 0 Å². The van der Waals surface area contributed by atoms with Gasteiger partial charge < -0.3 is 25.6 Å². The Bertz CT molecular complexity index is 801. The quantitative estimate of drug-likeness (QED) is 0.490. The number of carboxylic acids is 1. The minimum Gasteiger partial charge on any atom is -0.489 e. The molecular formula is C25H36N2O5. The van der Waals surface area contributed by atoms with Crippen LogP contribution in [0.3, 0.4) is 0 Å². The highest BCUT2D eigenvalue weighted by molar-refractivity contribution is 5.73. The van der Waals surface area contributed by atoms with Crippen molar-refractivity contribution in [2.24, 2.45) is 5.73 Å². The third-order valence-electron chi connectivity index (χ3n) is 4.14. The topological polar surface area (TPSA) is 111 Å². The Morgan fingerprint density at radius 2 is 1.66 bits per heavy atom. The van der Waals surface area contributed by atoms with Gasteiger partial charge in [0.1, 0.15) is 24.0 Å². The monoisotopic (exact) mass is 444 g/mol. The SMILES string of the molecule is CCCCNC(=O)OC(C)(C)C.N[C@@H](Cc1ccc(OCc2ccccc2)cc1)C(=O)O. The molecule has 7 nitrogen and oxygen atoms in total. The Kier molecular flexibility index (Phi) is 11.9.